The molecule has 2 unspecified atom stereocenters. The van der Waals surface area contributed by atoms with Crippen LogP contribution in [0.15, 0.2) is 47.4 Å². The molecule has 0 radical (unpaired) electrons. The number of aryl methyl sites for hydroxylation is 1. The molecule has 0 amide bonds. The Kier molecular flexibility index (Phi) is 3.70. The van der Waals surface area contributed by atoms with Crippen molar-refractivity contribution >= 4 is 16.6 Å². The van der Waals surface area contributed by atoms with E-state index in [0.717, 1.165) is 16.5 Å². The molecule has 7 nitrogen and oxygen atoms in total. The van der Waals surface area contributed by atoms with Crippen molar-refractivity contribution in [1.29, 1.82) is 0 Å². The first kappa shape index (κ1) is 14.8. The fourth-order valence-corrected chi connectivity index (χ4v) is 2.99. The summed E-state index contributed by atoms with van der Waals surface area (Å²) in [5, 5.41) is 18.0. The molecule has 1 aromatic carbocycles. The zero-order chi connectivity index (χ0) is 16.5. The zero-order valence-electron chi connectivity index (χ0n) is 13.2. The normalized spacial score (nSPS) is 20.4. The first-order valence-corrected chi connectivity index (χ1v) is 7.83. The summed E-state index contributed by atoms with van der Waals surface area (Å²) in [6.45, 7) is 2.79. The van der Waals surface area contributed by atoms with Gasteiger partial charge in [-0.05, 0) is 13.0 Å². The second-order valence-corrected chi connectivity index (χ2v) is 5.89. The van der Waals surface area contributed by atoms with Crippen LogP contribution in [0.4, 0.5) is 5.82 Å². The minimum atomic E-state index is -0.182. The molecule has 0 aliphatic carbocycles. The fraction of sp³-hybridized carbons (Fsp3) is 0.294. The molecule has 1 aliphatic heterocycles. The molecule has 2 atom stereocenters. The highest BCUT2D eigenvalue weighted by Crippen LogP contribution is 2.25. The highest BCUT2D eigenvalue weighted by atomic mass is 16.5. The maximum absolute atomic E-state index is 12.2. The van der Waals surface area contributed by atoms with Crippen molar-refractivity contribution in [2.45, 2.75) is 19.0 Å². The lowest BCUT2D eigenvalue weighted by molar-refractivity contribution is 0.182. The van der Waals surface area contributed by atoms with Crippen LogP contribution in [-0.2, 0) is 4.74 Å². The molecule has 3 heterocycles. The Balaban J connectivity index is 1.68. The van der Waals surface area contributed by atoms with E-state index in [1.807, 2.05) is 31.2 Å². The van der Waals surface area contributed by atoms with E-state index in [9.17, 15) is 4.79 Å². The molecule has 7 heteroatoms. The lowest BCUT2D eigenvalue weighted by Gasteiger charge is -2.21. The summed E-state index contributed by atoms with van der Waals surface area (Å²) < 4.78 is 7.09. The van der Waals surface area contributed by atoms with E-state index in [1.165, 1.54) is 10.7 Å². The van der Waals surface area contributed by atoms with Gasteiger partial charge in [-0.3, -0.25) is 4.79 Å². The molecule has 0 spiro atoms. The number of nitrogens with one attached hydrogen (secondary N) is 1. The number of hydrogen-bond donors (Lipinski definition) is 1. The second kappa shape index (κ2) is 6.01. The molecule has 1 saturated heterocycles. The van der Waals surface area contributed by atoms with Crippen LogP contribution in [0.3, 0.4) is 0 Å². The average Bonchev–Trinajstić information content (AvgIpc) is 3.05. The van der Waals surface area contributed by atoms with Crippen molar-refractivity contribution in [1.82, 2.24) is 20.0 Å². The summed E-state index contributed by atoms with van der Waals surface area (Å²) in [5.74, 6) is 0.689. The van der Waals surface area contributed by atoms with Gasteiger partial charge in [0.05, 0.1) is 31.1 Å². The first-order valence-electron chi connectivity index (χ1n) is 7.83. The lowest BCUT2D eigenvalue weighted by Crippen LogP contribution is -2.37. The SMILES string of the molecule is Cc1ccc(=O)n(C2COCC2Nc2nncc3ccccc23)n1. The van der Waals surface area contributed by atoms with Gasteiger partial charge in [0.2, 0.25) is 0 Å². The van der Waals surface area contributed by atoms with E-state index in [0.29, 0.717) is 19.0 Å². The van der Waals surface area contributed by atoms with Crippen LogP contribution in [0.25, 0.3) is 10.8 Å². The number of rotatable bonds is 3. The van der Waals surface area contributed by atoms with Gasteiger partial charge in [-0.25, -0.2) is 4.68 Å². The van der Waals surface area contributed by atoms with Crippen molar-refractivity contribution in [3.63, 3.8) is 0 Å². The van der Waals surface area contributed by atoms with Gasteiger partial charge in [0, 0.05) is 16.8 Å². The second-order valence-electron chi connectivity index (χ2n) is 5.89. The van der Waals surface area contributed by atoms with Gasteiger partial charge in [-0.2, -0.15) is 10.2 Å². The molecule has 0 bridgehead atoms. The van der Waals surface area contributed by atoms with Gasteiger partial charge in [-0.1, -0.05) is 24.3 Å². The minimum Gasteiger partial charge on any atom is -0.377 e. The summed E-state index contributed by atoms with van der Waals surface area (Å²) in [6.07, 6.45) is 1.73. The van der Waals surface area contributed by atoms with Crippen molar-refractivity contribution in [2.75, 3.05) is 18.5 Å². The molecule has 1 N–H and O–H groups in total. The molecule has 1 aliphatic rings. The Morgan fingerprint density at radius 3 is 3.00 bits per heavy atom. The van der Waals surface area contributed by atoms with Crippen LogP contribution in [-0.4, -0.2) is 39.2 Å². The number of nitrogens with zero attached hydrogens (tertiary/aromatic N) is 4. The zero-order valence-corrected chi connectivity index (χ0v) is 13.2. The summed E-state index contributed by atoms with van der Waals surface area (Å²) in [5.41, 5.74) is 0.664. The van der Waals surface area contributed by atoms with E-state index in [-0.39, 0.29) is 17.6 Å². The topological polar surface area (TPSA) is 81.9 Å². The number of benzene rings is 1. The Morgan fingerprint density at radius 1 is 1.21 bits per heavy atom. The van der Waals surface area contributed by atoms with Gasteiger partial charge in [0.1, 0.15) is 6.04 Å². The first-order chi connectivity index (χ1) is 11.7. The lowest BCUT2D eigenvalue weighted by atomic mass is 10.1. The van der Waals surface area contributed by atoms with Gasteiger partial charge in [-0.15, -0.1) is 5.10 Å². The van der Waals surface area contributed by atoms with Crippen molar-refractivity contribution in [3.8, 4) is 0 Å². The van der Waals surface area contributed by atoms with E-state index in [4.69, 9.17) is 4.74 Å². The van der Waals surface area contributed by atoms with Crippen LogP contribution in [0.5, 0.6) is 0 Å². The van der Waals surface area contributed by atoms with Crippen LogP contribution in [0, 0.1) is 6.92 Å². The fourth-order valence-electron chi connectivity index (χ4n) is 2.99. The molecule has 3 aromatic rings. The highest BCUT2D eigenvalue weighted by Gasteiger charge is 2.32. The molecule has 24 heavy (non-hydrogen) atoms. The Hall–Kier alpha value is -2.80. The smallest absolute Gasteiger partial charge is 0.267 e. The van der Waals surface area contributed by atoms with Gasteiger partial charge in [0.15, 0.2) is 5.82 Å². The Bertz CT molecular complexity index is 934. The average molecular weight is 323 g/mol. The number of fused-ring (bicyclic) bond motifs is 1. The number of anilines is 1. The van der Waals surface area contributed by atoms with E-state index >= 15 is 0 Å². The van der Waals surface area contributed by atoms with Crippen molar-refractivity contribution in [3.05, 3.63) is 58.6 Å². The van der Waals surface area contributed by atoms with E-state index < -0.39 is 0 Å². The summed E-state index contributed by atoms with van der Waals surface area (Å²) in [6, 6.07) is 10.9. The standard InChI is InChI=1S/C17H17N5O2/c1-11-6-7-16(23)22(21-11)15-10-24-9-14(15)19-17-13-5-3-2-4-12(13)8-18-20-17/h2-8,14-15H,9-10H2,1H3,(H,19,20). The van der Waals surface area contributed by atoms with Gasteiger partial charge < -0.3 is 10.1 Å². The van der Waals surface area contributed by atoms with Crippen LogP contribution in [0.2, 0.25) is 0 Å². The molecule has 0 saturated carbocycles. The molecular formula is C17H17N5O2. The van der Waals surface area contributed by atoms with Crippen LogP contribution < -0.4 is 10.9 Å². The van der Waals surface area contributed by atoms with Crippen LogP contribution >= 0.6 is 0 Å². The molecule has 1 fully saturated rings. The third-order valence-corrected chi connectivity index (χ3v) is 4.22. The predicted molar refractivity (Wildman–Crippen MR) is 90.0 cm³/mol. The third-order valence-electron chi connectivity index (χ3n) is 4.22. The highest BCUT2D eigenvalue weighted by molar-refractivity contribution is 5.90. The number of aromatic nitrogens is 4. The number of hydrogen-bond acceptors (Lipinski definition) is 6. The minimum absolute atomic E-state index is 0.0999. The largest absolute Gasteiger partial charge is 0.377 e. The molecular weight excluding hydrogens is 306 g/mol. The van der Waals surface area contributed by atoms with Gasteiger partial charge in [0.25, 0.3) is 5.56 Å². The van der Waals surface area contributed by atoms with E-state index in [1.54, 1.807) is 12.3 Å². The van der Waals surface area contributed by atoms with E-state index in [2.05, 4.69) is 20.6 Å². The van der Waals surface area contributed by atoms with Crippen LogP contribution in [0.1, 0.15) is 11.7 Å². The molecule has 122 valence electrons. The van der Waals surface area contributed by atoms with Gasteiger partial charge >= 0.3 is 0 Å². The summed E-state index contributed by atoms with van der Waals surface area (Å²) in [7, 11) is 0. The monoisotopic (exact) mass is 323 g/mol. The predicted octanol–water partition coefficient (Wildman–Crippen LogP) is 1.55. The molecule has 2 aromatic heterocycles. The third kappa shape index (κ3) is 2.63. The quantitative estimate of drug-likeness (QED) is 0.787. The maximum Gasteiger partial charge on any atom is 0.267 e. The Labute approximate surface area is 138 Å². The van der Waals surface area contributed by atoms with Crippen molar-refractivity contribution < 1.29 is 4.74 Å². The maximum atomic E-state index is 12.2. The molecule has 4 rings (SSSR count). The van der Waals surface area contributed by atoms with Crippen molar-refractivity contribution in [2.24, 2.45) is 0 Å². The summed E-state index contributed by atoms with van der Waals surface area (Å²) >= 11 is 0. The Morgan fingerprint density at radius 2 is 2.08 bits per heavy atom. The number of ether oxygens (including phenoxy) is 1. The summed E-state index contributed by atoms with van der Waals surface area (Å²) in [4.78, 5) is 12.2.